The Morgan fingerprint density at radius 1 is 1.54 bits per heavy atom. The third-order valence-electron chi connectivity index (χ3n) is 1.87. The second-order valence-corrected chi connectivity index (χ2v) is 4.61. The maximum atomic E-state index is 6.00. The first-order valence-electron chi connectivity index (χ1n) is 4.09. The number of rotatable bonds is 2. The van der Waals surface area contributed by atoms with Crippen molar-refractivity contribution in [2.45, 2.75) is 19.9 Å². The maximum absolute atomic E-state index is 6.00. The zero-order chi connectivity index (χ0) is 10.0. The monoisotopic (exact) mass is 262 g/mol. The van der Waals surface area contributed by atoms with Crippen molar-refractivity contribution in [2.75, 3.05) is 0 Å². The van der Waals surface area contributed by atoms with E-state index in [0.717, 1.165) is 10.2 Å². The Morgan fingerprint density at radius 2 is 2.15 bits per heavy atom. The molecule has 0 aromatic carbocycles. The summed E-state index contributed by atoms with van der Waals surface area (Å²) in [6.07, 6.45) is 1.71. The van der Waals surface area contributed by atoms with Crippen molar-refractivity contribution >= 4 is 27.5 Å². The van der Waals surface area contributed by atoms with Crippen molar-refractivity contribution in [2.24, 2.45) is 11.7 Å². The Kier molecular flexibility index (Phi) is 3.71. The van der Waals surface area contributed by atoms with Gasteiger partial charge in [-0.05, 0) is 27.9 Å². The van der Waals surface area contributed by atoms with Gasteiger partial charge in [-0.2, -0.15) is 0 Å². The lowest BCUT2D eigenvalue weighted by Gasteiger charge is -2.16. The summed E-state index contributed by atoms with van der Waals surface area (Å²) in [5.74, 6) is 0.339. The molecular formula is C9H12BrClN2. The van der Waals surface area contributed by atoms with Crippen molar-refractivity contribution in [3.05, 3.63) is 27.5 Å². The number of aromatic nitrogens is 1. The molecule has 0 spiro atoms. The topological polar surface area (TPSA) is 38.9 Å². The predicted molar refractivity (Wildman–Crippen MR) is 58.7 cm³/mol. The lowest BCUT2D eigenvalue weighted by Crippen LogP contribution is -2.18. The normalized spacial score (nSPS) is 13.4. The van der Waals surface area contributed by atoms with Gasteiger partial charge in [-0.3, -0.25) is 4.98 Å². The molecule has 0 saturated carbocycles. The van der Waals surface area contributed by atoms with Crippen molar-refractivity contribution in [1.29, 1.82) is 0 Å². The first kappa shape index (κ1) is 11.0. The van der Waals surface area contributed by atoms with Gasteiger partial charge in [0.25, 0.3) is 0 Å². The van der Waals surface area contributed by atoms with Gasteiger partial charge in [0.2, 0.25) is 0 Å². The molecule has 0 aliphatic carbocycles. The van der Waals surface area contributed by atoms with Gasteiger partial charge in [0.1, 0.15) is 0 Å². The molecule has 0 bridgehead atoms. The fourth-order valence-electron chi connectivity index (χ4n) is 0.986. The van der Waals surface area contributed by atoms with E-state index < -0.39 is 0 Å². The van der Waals surface area contributed by atoms with Crippen LogP contribution in [0.5, 0.6) is 0 Å². The quantitative estimate of drug-likeness (QED) is 0.890. The van der Waals surface area contributed by atoms with Crippen LogP contribution >= 0.6 is 27.5 Å². The van der Waals surface area contributed by atoms with Gasteiger partial charge in [-0.15, -0.1) is 0 Å². The third-order valence-corrected chi connectivity index (χ3v) is 2.61. The summed E-state index contributed by atoms with van der Waals surface area (Å²) in [4.78, 5) is 4.20. The molecular weight excluding hydrogens is 251 g/mol. The minimum absolute atomic E-state index is 0.0967. The number of halogens is 2. The summed E-state index contributed by atoms with van der Waals surface area (Å²) < 4.78 is 0.872. The molecule has 1 rings (SSSR count). The average Bonchev–Trinajstić information content (AvgIpc) is 2.03. The van der Waals surface area contributed by atoms with E-state index in [1.54, 1.807) is 6.20 Å². The van der Waals surface area contributed by atoms with Crippen LogP contribution in [0.15, 0.2) is 16.7 Å². The Labute approximate surface area is 91.6 Å². The Balaban J connectivity index is 3.01. The minimum Gasteiger partial charge on any atom is -0.322 e. The van der Waals surface area contributed by atoms with E-state index >= 15 is 0 Å². The first-order chi connectivity index (χ1) is 6.02. The fraction of sp³-hybridized carbons (Fsp3) is 0.444. The molecule has 0 aliphatic heterocycles. The van der Waals surface area contributed by atoms with Crippen LogP contribution in [0.4, 0.5) is 0 Å². The molecule has 0 unspecified atom stereocenters. The van der Waals surface area contributed by atoms with E-state index in [-0.39, 0.29) is 6.04 Å². The molecule has 0 radical (unpaired) electrons. The van der Waals surface area contributed by atoms with Crippen molar-refractivity contribution in [1.82, 2.24) is 4.98 Å². The molecule has 0 aliphatic rings. The summed E-state index contributed by atoms with van der Waals surface area (Å²) in [6.45, 7) is 4.09. The molecule has 1 aromatic rings. The molecule has 72 valence electrons. The van der Waals surface area contributed by atoms with Crippen LogP contribution in [0.3, 0.4) is 0 Å². The largest absolute Gasteiger partial charge is 0.322 e. The second kappa shape index (κ2) is 4.40. The van der Waals surface area contributed by atoms with Crippen LogP contribution in [0.25, 0.3) is 0 Å². The van der Waals surface area contributed by atoms with Crippen LogP contribution in [0.2, 0.25) is 5.02 Å². The van der Waals surface area contributed by atoms with Crippen molar-refractivity contribution in [3.8, 4) is 0 Å². The second-order valence-electron chi connectivity index (χ2n) is 3.29. The highest BCUT2D eigenvalue weighted by Gasteiger charge is 2.15. The van der Waals surface area contributed by atoms with Crippen LogP contribution in [0.1, 0.15) is 25.6 Å². The molecule has 1 aromatic heterocycles. The zero-order valence-electron chi connectivity index (χ0n) is 7.59. The summed E-state index contributed by atoms with van der Waals surface area (Å²) >= 11 is 9.29. The van der Waals surface area contributed by atoms with E-state index in [0.29, 0.717) is 10.9 Å². The highest BCUT2D eigenvalue weighted by molar-refractivity contribution is 9.10. The van der Waals surface area contributed by atoms with E-state index in [9.17, 15) is 0 Å². The highest BCUT2D eigenvalue weighted by atomic mass is 79.9. The highest BCUT2D eigenvalue weighted by Crippen LogP contribution is 2.26. The minimum atomic E-state index is -0.0967. The first-order valence-corrected chi connectivity index (χ1v) is 5.26. The summed E-state index contributed by atoms with van der Waals surface area (Å²) in [6, 6.07) is 1.71. The standard InChI is InChI=1S/C9H12BrClN2/c1-5(2)8(12)9-7(11)3-6(10)4-13-9/h3-5,8H,12H2,1-2H3/t8-/m1/s1. The van der Waals surface area contributed by atoms with Gasteiger partial charge in [-0.25, -0.2) is 0 Å². The van der Waals surface area contributed by atoms with E-state index in [1.807, 2.05) is 19.9 Å². The fourth-order valence-corrected chi connectivity index (χ4v) is 1.74. The molecule has 0 fully saturated rings. The van der Waals surface area contributed by atoms with Gasteiger partial charge in [0.15, 0.2) is 0 Å². The lowest BCUT2D eigenvalue weighted by molar-refractivity contribution is 0.503. The van der Waals surface area contributed by atoms with Gasteiger partial charge in [-0.1, -0.05) is 25.4 Å². The number of nitrogens with two attached hydrogens (primary N) is 1. The van der Waals surface area contributed by atoms with Crippen LogP contribution < -0.4 is 5.73 Å². The molecule has 0 saturated heterocycles. The molecule has 1 heterocycles. The van der Waals surface area contributed by atoms with E-state index in [2.05, 4.69) is 20.9 Å². The lowest BCUT2D eigenvalue weighted by atomic mass is 10.0. The Morgan fingerprint density at radius 3 is 2.62 bits per heavy atom. The molecule has 2 nitrogen and oxygen atoms in total. The van der Waals surface area contributed by atoms with Gasteiger partial charge in [0, 0.05) is 10.7 Å². The van der Waals surface area contributed by atoms with Crippen molar-refractivity contribution < 1.29 is 0 Å². The maximum Gasteiger partial charge on any atom is 0.0760 e. The van der Waals surface area contributed by atoms with Gasteiger partial charge < -0.3 is 5.73 Å². The average molecular weight is 264 g/mol. The third kappa shape index (κ3) is 2.66. The molecule has 2 N–H and O–H groups in total. The van der Waals surface area contributed by atoms with Gasteiger partial charge >= 0.3 is 0 Å². The van der Waals surface area contributed by atoms with Crippen LogP contribution in [-0.2, 0) is 0 Å². The number of pyridine rings is 1. The molecule has 13 heavy (non-hydrogen) atoms. The Bertz CT molecular complexity index is 302. The number of nitrogens with zero attached hydrogens (tertiary/aromatic N) is 1. The molecule has 4 heteroatoms. The van der Waals surface area contributed by atoms with E-state index in [4.69, 9.17) is 17.3 Å². The van der Waals surface area contributed by atoms with Crippen molar-refractivity contribution in [3.63, 3.8) is 0 Å². The molecule has 0 amide bonds. The zero-order valence-corrected chi connectivity index (χ0v) is 9.93. The summed E-state index contributed by atoms with van der Waals surface area (Å²) in [5.41, 5.74) is 6.69. The smallest absolute Gasteiger partial charge is 0.0760 e. The summed E-state index contributed by atoms with van der Waals surface area (Å²) in [5, 5.41) is 0.621. The van der Waals surface area contributed by atoms with Gasteiger partial charge in [0.05, 0.1) is 16.8 Å². The Hall–Kier alpha value is -0.120. The van der Waals surface area contributed by atoms with Crippen LogP contribution in [0, 0.1) is 5.92 Å². The van der Waals surface area contributed by atoms with Crippen LogP contribution in [-0.4, -0.2) is 4.98 Å². The van der Waals surface area contributed by atoms with E-state index in [1.165, 1.54) is 0 Å². The molecule has 1 atom stereocenters. The number of hydrogen-bond donors (Lipinski definition) is 1. The SMILES string of the molecule is CC(C)[C@@H](N)c1ncc(Br)cc1Cl. The summed E-state index contributed by atoms with van der Waals surface area (Å²) in [7, 11) is 0. The number of hydrogen-bond acceptors (Lipinski definition) is 2. The predicted octanol–water partition coefficient (Wildman–Crippen LogP) is 3.15.